The highest BCUT2D eigenvalue weighted by Crippen LogP contribution is 2.32. The third-order valence-electron chi connectivity index (χ3n) is 5.48. The predicted molar refractivity (Wildman–Crippen MR) is 142 cm³/mol. The van der Waals surface area contributed by atoms with Gasteiger partial charge in [-0.25, -0.2) is 4.68 Å². The Hall–Kier alpha value is -3.63. The monoisotopic (exact) mass is 508 g/mol. The van der Waals surface area contributed by atoms with E-state index in [-0.39, 0.29) is 28.0 Å². The smallest absolute Gasteiger partial charge is 0.295 e. The van der Waals surface area contributed by atoms with Crippen molar-refractivity contribution in [2.24, 2.45) is 7.05 Å². The number of para-hydroxylation sites is 1. The Balaban J connectivity index is 1.48. The molecular formula is C25H24N4O4S2. The van der Waals surface area contributed by atoms with Crippen molar-refractivity contribution in [3.63, 3.8) is 0 Å². The highest BCUT2D eigenvalue weighted by atomic mass is 32.2. The Labute approximate surface area is 212 Å². The average molecular weight is 509 g/mol. The van der Waals surface area contributed by atoms with Gasteiger partial charge < -0.3 is 10.1 Å². The Morgan fingerprint density at radius 3 is 2.46 bits per heavy atom. The number of thioether (sulfide) groups is 1. The molecule has 3 aromatic rings. The molecule has 8 nitrogen and oxygen atoms in total. The van der Waals surface area contributed by atoms with Gasteiger partial charge in [-0.05, 0) is 49.8 Å². The third-order valence-corrected chi connectivity index (χ3v) is 6.86. The van der Waals surface area contributed by atoms with Gasteiger partial charge in [-0.2, -0.15) is 0 Å². The van der Waals surface area contributed by atoms with Crippen molar-refractivity contribution >= 4 is 51.9 Å². The molecule has 0 spiro atoms. The predicted octanol–water partition coefficient (Wildman–Crippen LogP) is 3.72. The number of rotatable bonds is 7. The second-order valence-electron chi connectivity index (χ2n) is 7.75. The van der Waals surface area contributed by atoms with Crippen LogP contribution in [0.4, 0.5) is 5.69 Å². The summed E-state index contributed by atoms with van der Waals surface area (Å²) in [6.45, 7) is 3.94. The number of carbonyl (C=O) groups is 2. The fraction of sp³-hybridized carbons (Fsp3) is 0.200. The summed E-state index contributed by atoms with van der Waals surface area (Å²) in [6, 6.07) is 16.5. The van der Waals surface area contributed by atoms with E-state index in [9.17, 15) is 14.4 Å². The summed E-state index contributed by atoms with van der Waals surface area (Å²) < 4.78 is 8.87. The maximum absolute atomic E-state index is 13.0. The van der Waals surface area contributed by atoms with Gasteiger partial charge in [-0.1, -0.05) is 54.3 Å². The number of nitrogens with one attached hydrogen (secondary N) is 1. The van der Waals surface area contributed by atoms with Crippen molar-refractivity contribution in [2.45, 2.75) is 13.8 Å². The van der Waals surface area contributed by atoms with Crippen molar-refractivity contribution in [1.29, 1.82) is 0 Å². The van der Waals surface area contributed by atoms with Crippen molar-refractivity contribution < 1.29 is 14.3 Å². The quantitative estimate of drug-likeness (QED) is 0.387. The number of thiocarbonyl (C=S) groups is 1. The molecule has 1 aromatic heterocycles. The van der Waals surface area contributed by atoms with Crippen LogP contribution < -0.4 is 15.6 Å². The molecule has 180 valence electrons. The van der Waals surface area contributed by atoms with Gasteiger partial charge in [0.1, 0.15) is 22.3 Å². The molecular weight excluding hydrogens is 484 g/mol. The minimum Gasteiger partial charge on any atom is -0.494 e. The maximum atomic E-state index is 13.0. The SMILES string of the molecule is CCOc1ccc(/C=C2/SC(=S)N(CC(=O)Nc3c(C)n(C)n(-c4ccccc4)c3=O)C2=O)cc1. The standard InChI is InChI=1S/C25H24N4O4S2/c1-4-33-19-12-10-17(11-13-19)14-20-23(31)28(25(34)35-20)15-21(30)26-22-16(2)27(3)29(24(22)32)18-8-6-5-7-9-18/h5-14H,4,15H2,1-3H3,(H,26,30)/b20-14+. The molecule has 1 aliphatic heterocycles. The number of benzene rings is 2. The van der Waals surface area contributed by atoms with Crippen LogP contribution in [0.5, 0.6) is 5.75 Å². The number of anilines is 1. The summed E-state index contributed by atoms with van der Waals surface area (Å²) in [4.78, 5) is 40.4. The van der Waals surface area contributed by atoms with Crippen LogP contribution in [-0.4, -0.2) is 43.6 Å². The van der Waals surface area contributed by atoms with Gasteiger partial charge in [0.05, 0.1) is 22.9 Å². The van der Waals surface area contributed by atoms with Gasteiger partial charge in [0.15, 0.2) is 0 Å². The van der Waals surface area contributed by atoms with Gasteiger partial charge in [0, 0.05) is 7.05 Å². The van der Waals surface area contributed by atoms with Crippen LogP contribution >= 0.6 is 24.0 Å². The first-order valence-electron chi connectivity index (χ1n) is 10.9. The number of hydrogen-bond acceptors (Lipinski definition) is 6. The van der Waals surface area contributed by atoms with Crippen LogP contribution in [0, 0.1) is 6.92 Å². The fourth-order valence-corrected chi connectivity index (χ4v) is 4.90. The van der Waals surface area contributed by atoms with E-state index in [2.05, 4.69) is 5.32 Å². The van der Waals surface area contributed by atoms with Crippen LogP contribution in [0.1, 0.15) is 18.2 Å². The molecule has 0 saturated carbocycles. The molecule has 0 radical (unpaired) electrons. The zero-order chi connectivity index (χ0) is 25.1. The molecule has 2 heterocycles. The third kappa shape index (κ3) is 5.08. The molecule has 2 aromatic carbocycles. The molecule has 35 heavy (non-hydrogen) atoms. The number of carbonyl (C=O) groups excluding carboxylic acids is 2. The lowest BCUT2D eigenvalue weighted by Crippen LogP contribution is -2.37. The van der Waals surface area contributed by atoms with Crippen LogP contribution in [0.15, 0.2) is 64.3 Å². The Bertz CT molecular complexity index is 1370. The number of ether oxygens (including phenoxy) is 1. The Morgan fingerprint density at radius 1 is 1.11 bits per heavy atom. The Kier molecular flexibility index (Phi) is 7.23. The molecule has 4 rings (SSSR count). The minimum absolute atomic E-state index is 0.164. The lowest BCUT2D eigenvalue weighted by molar-refractivity contribution is -0.126. The van der Waals surface area contributed by atoms with Gasteiger partial charge >= 0.3 is 0 Å². The molecule has 0 aliphatic carbocycles. The van der Waals surface area contributed by atoms with Crippen LogP contribution in [-0.2, 0) is 16.6 Å². The van der Waals surface area contributed by atoms with Gasteiger partial charge in [0.2, 0.25) is 5.91 Å². The van der Waals surface area contributed by atoms with Crippen molar-refractivity contribution in [3.8, 4) is 11.4 Å². The largest absolute Gasteiger partial charge is 0.494 e. The zero-order valence-corrected chi connectivity index (χ0v) is 21.1. The van der Waals surface area contributed by atoms with Gasteiger partial charge in [-0.15, -0.1) is 0 Å². The molecule has 10 heteroatoms. The minimum atomic E-state index is -0.505. The first-order chi connectivity index (χ1) is 16.8. The maximum Gasteiger partial charge on any atom is 0.295 e. The second-order valence-corrected chi connectivity index (χ2v) is 9.43. The van der Waals surface area contributed by atoms with Crippen LogP contribution in [0.3, 0.4) is 0 Å². The summed E-state index contributed by atoms with van der Waals surface area (Å²) in [7, 11) is 1.74. The van der Waals surface area contributed by atoms with Crippen LogP contribution in [0.2, 0.25) is 0 Å². The van der Waals surface area contributed by atoms with Gasteiger partial charge in [0.25, 0.3) is 11.5 Å². The number of amides is 2. The Morgan fingerprint density at radius 2 is 1.80 bits per heavy atom. The lowest BCUT2D eigenvalue weighted by atomic mass is 10.2. The molecule has 1 saturated heterocycles. The summed E-state index contributed by atoms with van der Waals surface area (Å²) >= 11 is 6.48. The first kappa shape index (κ1) is 24.5. The summed E-state index contributed by atoms with van der Waals surface area (Å²) in [5.41, 5.74) is 1.90. The van der Waals surface area contributed by atoms with Crippen LogP contribution in [0.25, 0.3) is 11.8 Å². The number of hydrogen-bond donors (Lipinski definition) is 1. The van der Waals surface area contributed by atoms with E-state index in [1.54, 1.807) is 24.7 Å². The topological polar surface area (TPSA) is 85.6 Å². The highest BCUT2D eigenvalue weighted by Gasteiger charge is 2.33. The van der Waals surface area contributed by atoms with Crippen molar-refractivity contribution in [2.75, 3.05) is 18.5 Å². The first-order valence-corrected chi connectivity index (χ1v) is 12.1. The van der Waals surface area contributed by atoms with E-state index < -0.39 is 5.91 Å². The molecule has 1 N–H and O–H groups in total. The van der Waals surface area contributed by atoms with E-state index in [1.165, 1.54) is 9.58 Å². The normalized spacial score (nSPS) is 14.6. The summed E-state index contributed by atoms with van der Waals surface area (Å²) in [6.07, 6.45) is 1.73. The van der Waals surface area contributed by atoms with E-state index in [4.69, 9.17) is 17.0 Å². The molecule has 0 atom stereocenters. The summed E-state index contributed by atoms with van der Waals surface area (Å²) in [5.74, 6) is -0.110. The lowest BCUT2D eigenvalue weighted by Gasteiger charge is -2.13. The highest BCUT2D eigenvalue weighted by molar-refractivity contribution is 8.26. The fourth-order valence-electron chi connectivity index (χ4n) is 3.65. The second kappa shape index (κ2) is 10.3. The van der Waals surface area contributed by atoms with Crippen molar-refractivity contribution in [3.05, 3.63) is 81.1 Å². The van der Waals surface area contributed by atoms with E-state index in [0.29, 0.717) is 22.9 Å². The van der Waals surface area contributed by atoms with Crippen molar-refractivity contribution in [1.82, 2.24) is 14.3 Å². The summed E-state index contributed by atoms with van der Waals surface area (Å²) in [5, 5.41) is 2.67. The molecule has 0 unspecified atom stereocenters. The molecule has 1 fully saturated rings. The molecule has 2 amide bonds. The molecule has 1 aliphatic rings. The number of nitrogens with zero attached hydrogens (tertiary/aromatic N) is 3. The van der Waals surface area contributed by atoms with E-state index in [1.807, 2.05) is 61.5 Å². The average Bonchev–Trinajstić information content (AvgIpc) is 3.22. The molecule has 0 bridgehead atoms. The van der Waals surface area contributed by atoms with E-state index >= 15 is 0 Å². The zero-order valence-electron chi connectivity index (χ0n) is 19.5. The van der Waals surface area contributed by atoms with E-state index in [0.717, 1.165) is 23.1 Å². The van der Waals surface area contributed by atoms with Gasteiger partial charge in [-0.3, -0.25) is 24.0 Å². The number of aromatic nitrogens is 2.